The van der Waals surface area contributed by atoms with Crippen LogP contribution < -0.4 is 5.32 Å². The number of aromatic nitrogens is 7. The van der Waals surface area contributed by atoms with Gasteiger partial charge in [-0.3, -0.25) is 19.9 Å². The second-order valence-corrected chi connectivity index (χ2v) is 11.0. The number of nitrogens with one attached hydrogen (secondary N) is 3. The topological polar surface area (TPSA) is 125 Å². The monoisotopic (exact) mass is 560 g/mol. The lowest BCUT2D eigenvalue weighted by Gasteiger charge is -2.20. The number of aromatic amines is 2. The quantitative estimate of drug-likeness (QED) is 0.202. The molecule has 1 amide bonds. The van der Waals surface area contributed by atoms with Crippen LogP contribution in [0.4, 0.5) is 10.1 Å². The van der Waals surface area contributed by atoms with Crippen molar-refractivity contribution in [3.63, 3.8) is 0 Å². The molecule has 5 heterocycles. The van der Waals surface area contributed by atoms with E-state index in [1.54, 1.807) is 18.6 Å². The zero-order valence-electron chi connectivity index (χ0n) is 23.1. The van der Waals surface area contributed by atoms with Gasteiger partial charge in [-0.15, -0.1) is 0 Å². The van der Waals surface area contributed by atoms with E-state index in [0.717, 1.165) is 35.0 Å². The zero-order valence-corrected chi connectivity index (χ0v) is 23.1. The third-order valence-electron chi connectivity index (χ3n) is 7.87. The number of H-pyrrole nitrogens is 2. The largest absolute Gasteiger partial charge is 0.336 e. The number of aryl methyl sites for hydroxylation is 1. The number of carbonyl (C=O) groups is 1. The van der Waals surface area contributed by atoms with Gasteiger partial charge >= 0.3 is 0 Å². The summed E-state index contributed by atoms with van der Waals surface area (Å²) < 4.78 is 14.2. The molecule has 210 valence electrons. The molecule has 42 heavy (non-hydrogen) atoms. The number of benzene rings is 1. The van der Waals surface area contributed by atoms with E-state index in [0.29, 0.717) is 57.5 Å². The summed E-state index contributed by atoms with van der Waals surface area (Å²) in [6, 6.07) is 12.3. The number of amides is 1. The van der Waals surface area contributed by atoms with Gasteiger partial charge in [-0.05, 0) is 73.7 Å². The molecule has 6 aromatic rings. The lowest BCUT2D eigenvalue weighted by atomic mass is 9.87. The van der Waals surface area contributed by atoms with Crippen LogP contribution in [0, 0.1) is 18.7 Å². The maximum atomic E-state index is 14.2. The summed E-state index contributed by atoms with van der Waals surface area (Å²) in [5, 5.41) is 10.6. The van der Waals surface area contributed by atoms with Crippen LogP contribution in [0.15, 0.2) is 61.1 Å². The van der Waals surface area contributed by atoms with Crippen molar-refractivity contribution in [2.75, 3.05) is 5.32 Å². The van der Waals surface area contributed by atoms with E-state index in [2.05, 4.69) is 30.5 Å². The molecule has 1 aliphatic carbocycles. The highest BCUT2D eigenvalue weighted by molar-refractivity contribution is 5.95. The van der Waals surface area contributed by atoms with Crippen LogP contribution in [0.25, 0.3) is 56.1 Å². The molecule has 0 bridgehead atoms. The Kier molecular flexibility index (Phi) is 6.65. The zero-order chi connectivity index (χ0) is 28.6. The van der Waals surface area contributed by atoms with Gasteiger partial charge in [0.05, 0.1) is 34.3 Å². The van der Waals surface area contributed by atoms with E-state index < -0.39 is 0 Å². The lowest BCUT2D eigenvalue weighted by Crippen LogP contribution is -2.18. The second kappa shape index (κ2) is 10.8. The number of fused-ring (bicyclic) bond motifs is 2. The van der Waals surface area contributed by atoms with Gasteiger partial charge in [0.1, 0.15) is 16.9 Å². The predicted molar refractivity (Wildman–Crippen MR) is 160 cm³/mol. The first-order valence-corrected chi connectivity index (χ1v) is 14.2. The number of rotatable bonds is 6. The minimum absolute atomic E-state index is 0.0218. The van der Waals surface area contributed by atoms with Crippen LogP contribution in [0.2, 0.25) is 0 Å². The fraction of sp³-hybridized carbons (Fsp3) is 0.250. The fourth-order valence-electron chi connectivity index (χ4n) is 5.87. The summed E-state index contributed by atoms with van der Waals surface area (Å²) in [6.45, 7) is 1.85. The molecule has 3 N–H and O–H groups in total. The van der Waals surface area contributed by atoms with E-state index >= 15 is 0 Å². The number of hydrogen-bond acceptors (Lipinski definition) is 6. The SMILES string of the molecule is Cc1cc(F)cc(-c2nccc3[nH]c(-c4n[nH]c5ccc(-c6cncc(NC(=O)CC7CCCCC7)c6)nc45)nc23)c1. The van der Waals surface area contributed by atoms with Gasteiger partial charge < -0.3 is 10.3 Å². The van der Waals surface area contributed by atoms with Gasteiger partial charge in [0.25, 0.3) is 0 Å². The molecule has 0 saturated heterocycles. The first kappa shape index (κ1) is 25.9. The summed E-state index contributed by atoms with van der Waals surface area (Å²) in [6.07, 6.45) is 11.5. The Morgan fingerprint density at radius 2 is 1.81 bits per heavy atom. The van der Waals surface area contributed by atoms with Crippen molar-refractivity contribution >= 4 is 33.7 Å². The molecule has 5 aromatic heterocycles. The summed E-state index contributed by atoms with van der Waals surface area (Å²) in [7, 11) is 0. The number of pyridine rings is 3. The molecular formula is C32H29FN8O. The van der Waals surface area contributed by atoms with Crippen molar-refractivity contribution < 1.29 is 9.18 Å². The van der Waals surface area contributed by atoms with Crippen molar-refractivity contribution in [3.05, 3.63) is 72.4 Å². The average molecular weight is 561 g/mol. The highest BCUT2D eigenvalue weighted by Gasteiger charge is 2.19. The molecular weight excluding hydrogens is 531 g/mol. The Labute approximate surface area is 241 Å². The summed E-state index contributed by atoms with van der Waals surface area (Å²) in [4.78, 5) is 34.6. The minimum atomic E-state index is -0.322. The van der Waals surface area contributed by atoms with E-state index in [-0.39, 0.29) is 11.7 Å². The number of carbonyl (C=O) groups excluding carboxylic acids is 1. The normalized spacial score (nSPS) is 14.0. The molecule has 0 unspecified atom stereocenters. The molecule has 10 heteroatoms. The van der Waals surface area contributed by atoms with Crippen LogP contribution >= 0.6 is 0 Å². The van der Waals surface area contributed by atoms with Crippen LogP contribution in [0.5, 0.6) is 0 Å². The number of imidazole rings is 1. The molecule has 0 aliphatic heterocycles. The van der Waals surface area contributed by atoms with E-state index in [1.807, 2.05) is 37.3 Å². The second-order valence-electron chi connectivity index (χ2n) is 11.0. The van der Waals surface area contributed by atoms with Gasteiger partial charge in [0, 0.05) is 29.9 Å². The first-order chi connectivity index (χ1) is 20.5. The Bertz CT molecular complexity index is 1920. The summed E-state index contributed by atoms with van der Waals surface area (Å²) in [5.41, 5.74) is 7.45. The van der Waals surface area contributed by atoms with Crippen molar-refractivity contribution in [2.45, 2.75) is 45.4 Å². The van der Waals surface area contributed by atoms with Crippen molar-refractivity contribution in [3.8, 4) is 34.0 Å². The van der Waals surface area contributed by atoms with Crippen molar-refractivity contribution in [1.29, 1.82) is 0 Å². The molecule has 1 saturated carbocycles. The molecule has 0 radical (unpaired) electrons. The molecule has 9 nitrogen and oxygen atoms in total. The Morgan fingerprint density at radius 1 is 0.952 bits per heavy atom. The van der Waals surface area contributed by atoms with E-state index in [9.17, 15) is 9.18 Å². The van der Waals surface area contributed by atoms with Gasteiger partial charge in [0.15, 0.2) is 11.5 Å². The smallest absolute Gasteiger partial charge is 0.224 e. The molecule has 1 fully saturated rings. The van der Waals surface area contributed by atoms with Crippen LogP contribution in [0.3, 0.4) is 0 Å². The maximum absolute atomic E-state index is 14.2. The third kappa shape index (κ3) is 5.11. The predicted octanol–water partition coefficient (Wildman–Crippen LogP) is 6.98. The Balaban J connectivity index is 1.20. The van der Waals surface area contributed by atoms with E-state index in [1.165, 1.54) is 31.4 Å². The first-order valence-electron chi connectivity index (χ1n) is 14.2. The Hall–Kier alpha value is -4.99. The molecule has 7 rings (SSSR count). The number of halogens is 1. The standard InChI is InChI=1S/C32H29FN8O/c1-18-11-20(14-22(33)12-18)28-29-25(9-10-35-28)38-32(39-29)31-30-26(40-41-31)8-7-24(37-30)21-15-23(17-34-16-21)36-27(42)13-19-5-3-2-4-6-19/h7-12,14-17,19H,2-6,13H2,1H3,(H,36,42)(H,38,39)(H,40,41). The minimum Gasteiger partial charge on any atom is -0.336 e. The number of anilines is 1. The number of hydrogen-bond donors (Lipinski definition) is 3. The van der Waals surface area contributed by atoms with Gasteiger partial charge in [0.2, 0.25) is 5.91 Å². The molecule has 0 spiro atoms. The molecule has 1 aromatic carbocycles. The van der Waals surface area contributed by atoms with Crippen LogP contribution in [-0.4, -0.2) is 41.0 Å². The van der Waals surface area contributed by atoms with Gasteiger partial charge in [-0.1, -0.05) is 19.3 Å². The highest BCUT2D eigenvalue weighted by atomic mass is 19.1. The van der Waals surface area contributed by atoms with Gasteiger partial charge in [-0.2, -0.15) is 5.10 Å². The summed E-state index contributed by atoms with van der Waals surface area (Å²) in [5.74, 6) is 0.678. The number of nitrogens with zero attached hydrogens (tertiary/aromatic N) is 5. The van der Waals surface area contributed by atoms with E-state index in [4.69, 9.17) is 9.97 Å². The average Bonchev–Trinajstić information content (AvgIpc) is 3.61. The summed E-state index contributed by atoms with van der Waals surface area (Å²) >= 11 is 0. The third-order valence-corrected chi connectivity index (χ3v) is 7.87. The molecule has 0 atom stereocenters. The van der Waals surface area contributed by atoms with Crippen LogP contribution in [0.1, 0.15) is 44.1 Å². The maximum Gasteiger partial charge on any atom is 0.224 e. The van der Waals surface area contributed by atoms with Gasteiger partial charge in [-0.25, -0.2) is 14.4 Å². The highest BCUT2D eigenvalue weighted by Crippen LogP contribution is 2.32. The lowest BCUT2D eigenvalue weighted by molar-refractivity contribution is -0.117. The van der Waals surface area contributed by atoms with Crippen molar-refractivity contribution in [1.82, 2.24) is 35.1 Å². The van der Waals surface area contributed by atoms with Crippen molar-refractivity contribution in [2.24, 2.45) is 5.92 Å². The van der Waals surface area contributed by atoms with Crippen LogP contribution in [-0.2, 0) is 4.79 Å². The molecule has 1 aliphatic rings. The fourth-order valence-corrected chi connectivity index (χ4v) is 5.87. The Morgan fingerprint density at radius 3 is 2.67 bits per heavy atom.